The minimum absolute atomic E-state index is 0.134. The van der Waals surface area contributed by atoms with E-state index in [1.807, 2.05) is 32.0 Å². The van der Waals surface area contributed by atoms with Crippen LogP contribution in [0.15, 0.2) is 54.6 Å². The lowest BCUT2D eigenvalue weighted by atomic mass is 10.1. The summed E-state index contributed by atoms with van der Waals surface area (Å²) in [4.78, 5) is 14.7. The monoisotopic (exact) mass is 371 g/mol. The maximum atomic E-state index is 13.3. The van der Waals surface area contributed by atoms with Gasteiger partial charge in [0.05, 0.1) is 16.4 Å². The average Bonchev–Trinajstić information content (AvgIpc) is 3.08. The van der Waals surface area contributed by atoms with Crippen molar-refractivity contribution in [2.45, 2.75) is 13.8 Å². The third-order valence-electron chi connectivity index (χ3n) is 4.20. The summed E-state index contributed by atoms with van der Waals surface area (Å²) in [5, 5.41) is 5.13. The van der Waals surface area contributed by atoms with E-state index in [1.54, 1.807) is 33.8 Å². The van der Waals surface area contributed by atoms with Gasteiger partial charge < -0.3 is 4.90 Å². The summed E-state index contributed by atoms with van der Waals surface area (Å²) in [5.74, 6) is -0.478. The Hall–Kier alpha value is -2.66. The molecule has 0 radical (unpaired) electrons. The molecule has 1 aromatic heterocycles. The number of nitrogens with zero attached hydrogens (tertiary/aromatic N) is 3. The largest absolute Gasteiger partial charge is 0.338 e. The Labute approximate surface area is 156 Å². The molecule has 0 bridgehead atoms. The Kier molecular flexibility index (Phi) is 5.38. The van der Waals surface area contributed by atoms with Gasteiger partial charge in [-0.1, -0.05) is 29.8 Å². The van der Waals surface area contributed by atoms with Crippen LogP contribution in [0.2, 0.25) is 5.02 Å². The smallest absolute Gasteiger partial charge is 0.272 e. The fourth-order valence-electron chi connectivity index (χ4n) is 2.79. The minimum Gasteiger partial charge on any atom is -0.338 e. The predicted molar refractivity (Wildman–Crippen MR) is 101 cm³/mol. The van der Waals surface area contributed by atoms with Gasteiger partial charge in [0, 0.05) is 18.7 Å². The molecule has 26 heavy (non-hydrogen) atoms. The van der Waals surface area contributed by atoms with Crippen molar-refractivity contribution in [1.82, 2.24) is 14.7 Å². The van der Waals surface area contributed by atoms with Gasteiger partial charge in [-0.2, -0.15) is 5.10 Å². The summed E-state index contributed by atoms with van der Waals surface area (Å²) in [7, 11) is 0. The van der Waals surface area contributed by atoms with Crippen LogP contribution in [0.5, 0.6) is 0 Å². The van der Waals surface area contributed by atoms with Crippen LogP contribution in [0, 0.1) is 5.82 Å². The molecule has 3 aromatic rings. The molecule has 0 N–H and O–H groups in total. The van der Waals surface area contributed by atoms with Gasteiger partial charge in [-0.05, 0) is 50.2 Å². The fraction of sp³-hybridized carbons (Fsp3) is 0.200. The number of halogens is 2. The number of carbonyl (C=O) groups is 1. The van der Waals surface area contributed by atoms with Crippen LogP contribution in [0.3, 0.4) is 0 Å². The molecule has 0 saturated heterocycles. The molecule has 0 atom stereocenters. The molecular weight excluding hydrogens is 353 g/mol. The van der Waals surface area contributed by atoms with Gasteiger partial charge in [0.15, 0.2) is 0 Å². The topological polar surface area (TPSA) is 38.1 Å². The maximum Gasteiger partial charge on any atom is 0.272 e. The van der Waals surface area contributed by atoms with E-state index in [0.717, 1.165) is 5.56 Å². The molecule has 0 unspecified atom stereocenters. The molecule has 134 valence electrons. The number of hydrogen-bond donors (Lipinski definition) is 0. The van der Waals surface area contributed by atoms with Gasteiger partial charge in [-0.25, -0.2) is 9.07 Å². The minimum atomic E-state index is -0.344. The van der Waals surface area contributed by atoms with Gasteiger partial charge in [-0.15, -0.1) is 0 Å². The average molecular weight is 372 g/mol. The first-order chi connectivity index (χ1) is 12.5. The van der Waals surface area contributed by atoms with Gasteiger partial charge in [0.1, 0.15) is 11.5 Å². The van der Waals surface area contributed by atoms with E-state index in [2.05, 4.69) is 5.10 Å². The van der Waals surface area contributed by atoms with Crippen molar-refractivity contribution in [2.24, 2.45) is 0 Å². The predicted octanol–water partition coefficient (Wildman–Crippen LogP) is 4.81. The molecule has 6 heteroatoms. The first-order valence-electron chi connectivity index (χ1n) is 8.45. The maximum absolute atomic E-state index is 13.3. The van der Waals surface area contributed by atoms with Gasteiger partial charge in [-0.3, -0.25) is 4.79 Å². The van der Waals surface area contributed by atoms with Crippen LogP contribution in [0.25, 0.3) is 16.9 Å². The number of benzene rings is 2. The van der Waals surface area contributed by atoms with Crippen molar-refractivity contribution in [3.8, 4) is 16.9 Å². The van der Waals surface area contributed by atoms with Crippen LogP contribution in [-0.4, -0.2) is 33.7 Å². The number of amides is 1. The molecule has 2 aromatic carbocycles. The molecule has 0 spiro atoms. The highest BCUT2D eigenvalue weighted by Gasteiger charge is 2.22. The highest BCUT2D eigenvalue weighted by molar-refractivity contribution is 6.33. The van der Waals surface area contributed by atoms with Gasteiger partial charge in [0.2, 0.25) is 0 Å². The number of aromatic nitrogens is 2. The molecule has 1 amide bonds. The molecule has 1 heterocycles. The third kappa shape index (κ3) is 3.48. The lowest BCUT2D eigenvalue weighted by Gasteiger charge is -2.19. The molecule has 0 aliphatic rings. The van der Waals surface area contributed by atoms with Crippen LogP contribution in [0.4, 0.5) is 4.39 Å². The Balaban J connectivity index is 2.16. The number of carbonyl (C=O) groups excluding carboxylic acids is 1. The summed E-state index contributed by atoms with van der Waals surface area (Å²) in [5.41, 5.74) is 2.36. The second-order valence-corrected chi connectivity index (χ2v) is 6.17. The normalized spacial score (nSPS) is 10.8. The molecule has 0 aliphatic carbocycles. The highest BCUT2D eigenvalue weighted by Crippen LogP contribution is 2.28. The van der Waals surface area contributed by atoms with Crippen LogP contribution in [-0.2, 0) is 0 Å². The first kappa shape index (κ1) is 18.1. The van der Waals surface area contributed by atoms with Crippen molar-refractivity contribution in [3.05, 3.63) is 71.1 Å². The van der Waals surface area contributed by atoms with Crippen molar-refractivity contribution in [3.63, 3.8) is 0 Å². The molecule has 0 aliphatic heterocycles. The fourth-order valence-corrected chi connectivity index (χ4v) is 3.02. The van der Waals surface area contributed by atoms with Crippen molar-refractivity contribution >= 4 is 17.5 Å². The second-order valence-electron chi connectivity index (χ2n) is 5.76. The third-order valence-corrected chi connectivity index (χ3v) is 4.53. The van der Waals surface area contributed by atoms with Crippen molar-refractivity contribution in [1.29, 1.82) is 0 Å². The van der Waals surface area contributed by atoms with Gasteiger partial charge >= 0.3 is 0 Å². The SMILES string of the molecule is CCN(CC)C(=O)c1cc(-c2ccccc2Cl)nn1-c1ccc(F)cc1. The van der Waals surface area contributed by atoms with Crippen LogP contribution >= 0.6 is 11.6 Å². The van der Waals surface area contributed by atoms with E-state index in [4.69, 9.17) is 11.6 Å². The van der Waals surface area contributed by atoms with E-state index < -0.39 is 0 Å². The van der Waals surface area contributed by atoms with E-state index in [-0.39, 0.29) is 11.7 Å². The lowest BCUT2D eigenvalue weighted by molar-refractivity contribution is 0.0764. The Bertz CT molecular complexity index is 917. The number of hydrogen-bond acceptors (Lipinski definition) is 2. The summed E-state index contributed by atoms with van der Waals surface area (Å²) < 4.78 is 14.8. The standard InChI is InChI=1S/C20H19ClFN3O/c1-3-24(4-2)20(26)19-13-18(16-7-5-6-8-17(16)21)23-25(19)15-11-9-14(22)10-12-15/h5-13H,3-4H2,1-2H3. The number of rotatable bonds is 5. The Morgan fingerprint density at radius 3 is 2.38 bits per heavy atom. The summed E-state index contributed by atoms with van der Waals surface area (Å²) in [6.07, 6.45) is 0. The Morgan fingerprint density at radius 1 is 1.12 bits per heavy atom. The van der Waals surface area contributed by atoms with Crippen LogP contribution < -0.4 is 0 Å². The first-order valence-corrected chi connectivity index (χ1v) is 8.83. The zero-order valence-corrected chi connectivity index (χ0v) is 15.4. The quantitative estimate of drug-likeness (QED) is 0.645. The van der Waals surface area contributed by atoms with Crippen molar-refractivity contribution in [2.75, 3.05) is 13.1 Å². The van der Waals surface area contributed by atoms with E-state index in [0.29, 0.717) is 35.2 Å². The highest BCUT2D eigenvalue weighted by atomic mass is 35.5. The van der Waals surface area contributed by atoms with E-state index in [1.165, 1.54) is 12.1 Å². The van der Waals surface area contributed by atoms with E-state index in [9.17, 15) is 9.18 Å². The second kappa shape index (κ2) is 7.70. The Morgan fingerprint density at radius 2 is 1.77 bits per heavy atom. The van der Waals surface area contributed by atoms with Crippen molar-refractivity contribution < 1.29 is 9.18 Å². The van der Waals surface area contributed by atoms with E-state index >= 15 is 0 Å². The molecule has 0 fully saturated rings. The summed E-state index contributed by atoms with van der Waals surface area (Å²) >= 11 is 6.29. The molecule has 0 saturated carbocycles. The summed E-state index contributed by atoms with van der Waals surface area (Å²) in [6.45, 7) is 5.03. The van der Waals surface area contributed by atoms with Gasteiger partial charge in [0.25, 0.3) is 5.91 Å². The molecule has 4 nitrogen and oxygen atoms in total. The zero-order chi connectivity index (χ0) is 18.7. The van der Waals surface area contributed by atoms with Crippen LogP contribution in [0.1, 0.15) is 24.3 Å². The molecular formula is C20H19ClFN3O. The summed E-state index contributed by atoms with van der Waals surface area (Å²) in [6, 6.07) is 14.9. The molecule has 3 rings (SSSR count). The zero-order valence-electron chi connectivity index (χ0n) is 14.6. The lowest BCUT2D eigenvalue weighted by Crippen LogP contribution is -2.32.